The van der Waals surface area contributed by atoms with Gasteiger partial charge >= 0.3 is 5.97 Å². The summed E-state index contributed by atoms with van der Waals surface area (Å²) < 4.78 is 5.95. The predicted octanol–water partition coefficient (Wildman–Crippen LogP) is 3.95. The topological polar surface area (TPSA) is 192 Å². The predicted molar refractivity (Wildman–Crippen MR) is 212 cm³/mol. The fourth-order valence-corrected chi connectivity index (χ4v) is 6.84. The Labute approximate surface area is 329 Å². The third-order valence-corrected chi connectivity index (χ3v) is 9.74. The van der Waals surface area contributed by atoms with Gasteiger partial charge in [-0.15, -0.1) is 11.3 Å². The number of thiophene rings is 1. The lowest BCUT2D eigenvalue weighted by Crippen LogP contribution is -2.59. The van der Waals surface area contributed by atoms with E-state index >= 15 is 0 Å². The summed E-state index contributed by atoms with van der Waals surface area (Å²) in [5.74, 6) is -3.72. The normalized spacial score (nSPS) is 20.4. The van der Waals surface area contributed by atoms with Crippen LogP contribution in [-0.2, 0) is 54.5 Å². The minimum atomic E-state index is -1.35. The van der Waals surface area contributed by atoms with Crippen LogP contribution in [-0.4, -0.2) is 70.4 Å². The summed E-state index contributed by atoms with van der Waals surface area (Å²) in [4.78, 5) is 81.6. The summed E-state index contributed by atoms with van der Waals surface area (Å²) in [6.45, 7) is 5.76. The third-order valence-electron chi connectivity index (χ3n) is 8.84. The highest BCUT2D eigenvalue weighted by atomic mass is 32.1. The molecule has 14 heteroatoms. The monoisotopic (exact) mass is 781 g/mol. The number of amides is 5. The second kappa shape index (κ2) is 19.0. The van der Waals surface area contributed by atoms with Crippen molar-refractivity contribution >= 4 is 52.5 Å². The minimum Gasteiger partial charge on any atom is -0.488 e. The molecule has 13 nitrogen and oxygen atoms in total. The van der Waals surface area contributed by atoms with Gasteiger partial charge in [-0.1, -0.05) is 60.7 Å². The van der Waals surface area contributed by atoms with E-state index in [4.69, 9.17) is 4.74 Å². The van der Waals surface area contributed by atoms with Gasteiger partial charge in [-0.3, -0.25) is 24.0 Å². The largest absolute Gasteiger partial charge is 0.488 e. The molecule has 2 aliphatic rings. The number of rotatable bonds is 8. The van der Waals surface area contributed by atoms with Crippen LogP contribution in [0, 0.1) is 0 Å². The Kier molecular flexibility index (Phi) is 14.0. The van der Waals surface area contributed by atoms with Crippen LogP contribution in [0.2, 0.25) is 0 Å². The van der Waals surface area contributed by atoms with Crippen LogP contribution in [0.4, 0.5) is 5.69 Å². The van der Waals surface area contributed by atoms with Crippen molar-refractivity contribution in [3.8, 4) is 5.75 Å². The lowest BCUT2D eigenvalue weighted by atomic mass is 10.0. The van der Waals surface area contributed by atoms with Gasteiger partial charge in [-0.25, -0.2) is 4.79 Å². The quantitative estimate of drug-likeness (QED) is 0.145. The van der Waals surface area contributed by atoms with Gasteiger partial charge in [0.25, 0.3) is 0 Å². The number of hydrogen-bond donors (Lipinski definition) is 6. The van der Waals surface area contributed by atoms with Gasteiger partial charge in [0.2, 0.25) is 29.5 Å². The molecule has 0 spiro atoms. The molecule has 4 atom stereocenters. The van der Waals surface area contributed by atoms with E-state index in [0.29, 0.717) is 28.1 Å². The van der Waals surface area contributed by atoms with Crippen molar-refractivity contribution in [2.75, 3.05) is 5.32 Å². The number of nitrogens with one attached hydrogen (secondary N) is 5. The van der Waals surface area contributed by atoms with E-state index in [9.17, 15) is 33.9 Å². The van der Waals surface area contributed by atoms with Gasteiger partial charge in [-0.05, 0) is 73.2 Å². The maximum Gasteiger partial charge on any atom is 0.326 e. The van der Waals surface area contributed by atoms with Crippen LogP contribution < -0.4 is 31.3 Å². The third kappa shape index (κ3) is 12.8. The molecule has 6 rings (SSSR count). The van der Waals surface area contributed by atoms with E-state index in [1.165, 1.54) is 11.3 Å². The number of carboxylic acid groups (broad SMARTS) is 1. The molecule has 0 saturated heterocycles. The highest BCUT2D eigenvalue weighted by molar-refractivity contribution is 7.09. The molecule has 6 N–H and O–H groups in total. The zero-order valence-corrected chi connectivity index (χ0v) is 32.3. The molecular weight excluding hydrogens is 735 g/mol. The molecule has 294 valence electrons. The average Bonchev–Trinajstić information content (AvgIpc) is 3.67. The molecule has 5 amide bonds. The molecular formula is C42H47N5O8S. The number of anilines is 1. The van der Waals surface area contributed by atoms with Crippen molar-refractivity contribution in [3.63, 3.8) is 0 Å². The first-order valence-corrected chi connectivity index (χ1v) is 19.2. The Bertz CT molecular complexity index is 1980. The Morgan fingerprint density at radius 3 is 1.82 bits per heavy atom. The highest BCUT2D eigenvalue weighted by Gasteiger charge is 2.32. The Hall–Kier alpha value is -6.02. The van der Waals surface area contributed by atoms with Crippen LogP contribution in [0.15, 0.2) is 96.4 Å². The number of hydrogen-bond acceptors (Lipinski definition) is 8. The molecule has 0 fully saturated rings. The molecule has 2 aliphatic heterocycles. The second-order valence-corrected chi connectivity index (χ2v) is 15.7. The van der Waals surface area contributed by atoms with Crippen LogP contribution in [0.1, 0.15) is 55.2 Å². The van der Waals surface area contributed by atoms with Gasteiger partial charge in [0.15, 0.2) is 0 Å². The average molecular weight is 782 g/mol. The van der Waals surface area contributed by atoms with Crippen molar-refractivity contribution in [3.05, 3.63) is 118 Å². The molecule has 0 aliphatic carbocycles. The molecule has 0 radical (unpaired) electrons. The number of carbonyl (C=O) groups is 6. The summed E-state index contributed by atoms with van der Waals surface area (Å²) in [6.07, 6.45) is -0.315. The Balaban J connectivity index is 1.50. The SMILES string of the molecule is CC(C)(C)Oc1ccc(CC2NC(=O)C(Cc3cccs3)NC(=O)CCC(=O)Nc3ccc(cc3)CC(C(=O)O)NC(=O)C(Cc3ccccc3)NC2=O)cc1. The van der Waals surface area contributed by atoms with Crippen molar-refractivity contribution < 1.29 is 38.6 Å². The Morgan fingerprint density at radius 1 is 0.679 bits per heavy atom. The summed E-state index contributed by atoms with van der Waals surface area (Å²) in [5.41, 5.74) is 1.94. The summed E-state index contributed by atoms with van der Waals surface area (Å²) >= 11 is 1.40. The first-order valence-electron chi connectivity index (χ1n) is 18.4. The van der Waals surface area contributed by atoms with Gasteiger partial charge in [0.05, 0.1) is 0 Å². The molecule has 56 heavy (non-hydrogen) atoms. The number of fused-ring (bicyclic) bond motifs is 18. The van der Waals surface area contributed by atoms with Crippen LogP contribution in [0.5, 0.6) is 5.75 Å². The van der Waals surface area contributed by atoms with Crippen molar-refractivity contribution in [1.82, 2.24) is 21.3 Å². The fraction of sp³-hybridized carbons (Fsp3) is 0.333. The van der Waals surface area contributed by atoms with E-state index in [-0.39, 0.29) is 38.5 Å². The van der Waals surface area contributed by atoms with E-state index in [0.717, 1.165) is 4.88 Å². The van der Waals surface area contributed by atoms with E-state index in [2.05, 4.69) is 26.6 Å². The number of ether oxygens (including phenoxy) is 1. The van der Waals surface area contributed by atoms with Gasteiger partial charge in [0, 0.05) is 49.1 Å². The van der Waals surface area contributed by atoms with E-state index in [1.54, 1.807) is 72.8 Å². The zero-order valence-electron chi connectivity index (χ0n) is 31.5. The van der Waals surface area contributed by atoms with Crippen LogP contribution in [0.3, 0.4) is 0 Å². The number of carboxylic acids is 1. The summed E-state index contributed by atoms with van der Waals surface area (Å²) in [7, 11) is 0. The molecule has 1 aromatic heterocycles. The maximum absolute atomic E-state index is 14.3. The maximum atomic E-state index is 14.3. The lowest BCUT2D eigenvalue weighted by molar-refractivity contribution is -0.142. The molecule has 0 saturated carbocycles. The van der Waals surface area contributed by atoms with Crippen LogP contribution in [0.25, 0.3) is 0 Å². The van der Waals surface area contributed by atoms with Gasteiger partial charge < -0.3 is 36.4 Å². The second-order valence-electron chi connectivity index (χ2n) is 14.6. The lowest BCUT2D eigenvalue weighted by Gasteiger charge is -2.26. The molecule has 4 unspecified atom stereocenters. The first kappa shape index (κ1) is 41.1. The summed E-state index contributed by atoms with van der Waals surface area (Å²) in [5, 5.41) is 25.6. The van der Waals surface area contributed by atoms with Crippen LogP contribution >= 0.6 is 11.3 Å². The molecule has 3 heterocycles. The van der Waals surface area contributed by atoms with E-state index in [1.807, 2.05) is 44.4 Å². The number of benzene rings is 3. The molecule has 4 aromatic rings. The molecule has 2 bridgehead atoms. The van der Waals surface area contributed by atoms with Crippen molar-refractivity contribution in [2.45, 2.75) is 89.1 Å². The van der Waals surface area contributed by atoms with Gasteiger partial charge in [-0.2, -0.15) is 0 Å². The van der Waals surface area contributed by atoms with Crippen molar-refractivity contribution in [1.29, 1.82) is 0 Å². The first-order chi connectivity index (χ1) is 26.7. The Morgan fingerprint density at radius 2 is 1.25 bits per heavy atom. The van der Waals surface area contributed by atoms with Crippen molar-refractivity contribution in [2.24, 2.45) is 0 Å². The number of carbonyl (C=O) groups excluding carboxylic acids is 5. The standard InChI is InChI=1S/C42H47N5O8S/c1-42(2,3)55-30-17-13-28(14-18-30)23-33-38(50)45-32(22-26-8-5-4-6-9-26)39(51)47-35(41(53)54)24-27-11-15-29(16-12-27)43-36(48)19-20-37(49)44-34(40(52)46-33)25-31-10-7-21-56-31/h4-18,21,32-35H,19-20,22-25H2,1-3H3,(H,43,48)(H,44,49)(H,45,50)(H,46,52)(H,47,51)(H,53,54). The number of aliphatic carboxylic acids is 1. The fourth-order valence-electron chi connectivity index (χ4n) is 6.08. The smallest absolute Gasteiger partial charge is 0.326 e. The molecule has 3 aromatic carbocycles. The minimum absolute atomic E-state index is 0.000457. The van der Waals surface area contributed by atoms with E-state index < -0.39 is 65.3 Å². The van der Waals surface area contributed by atoms with Gasteiger partial charge in [0.1, 0.15) is 35.5 Å². The summed E-state index contributed by atoms with van der Waals surface area (Å²) in [6, 6.07) is 21.2. The highest BCUT2D eigenvalue weighted by Crippen LogP contribution is 2.20. The zero-order chi connectivity index (χ0) is 40.2.